The molecule has 3 N–H and O–H groups in total. The summed E-state index contributed by atoms with van der Waals surface area (Å²) in [4.78, 5) is 13.3. The highest BCUT2D eigenvalue weighted by Gasteiger charge is 2.04. The minimum atomic E-state index is 0.0208. The maximum Gasteiger partial charge on any atom is 0.234 e. The molecule has 0 aliphatic heterocycles. The molecule has 1 amide bonds. The van der Waals surface area contributed by atoms with E-state index in [4.69, 9.17) is 5.73 Å². The average molecular weight is 235 g/mol. The van der Waals surface area contributed by atoms with E-state index < -0.39 is 0 Å². The van der Waals surface area contributed by atoms with Crippen molar-refractivity contribution < 1.29 is 4.79 Å². The minimum absolute atomic E-state index is 0.0208. The maximum atomic E-state index is 11.5. The van der Waals surface area contributed by atoms with Crippen LogP contribution in [0, 0.1) is 0 Å². The fourth-order valence-corrected chi connectivity index (χ4v) is 1.53. The van der Waals surface area contributed by atoms with Gasteiger partial charge in [0.1, 0.15) is 0 Å². The number of nitrogens with two attached hydrogens (primary N) is 1. The first-order valence-corrected chi connectivity index (χ1v) is 5.75. The van der Waals surface area contributed by atoms with Crippen LogP contribution in [0.15, 0.2) is 24.3 Å². The summed E-state index contributed by atoms with van der Waals surface area (Å²) >= 11 is 0. The zero-order chi connectivity index (χ0) is 12.8. The summed E-state index contributed by atoms with van der Waals surface area (Å²) < 4.78 is 0. The molecule has 0 saturated carbocycles. The third-order valence-electron chi connectivity index (χ3n) is 2.43. The summed E-state index contributed by atoms with van der Waals surface area (Å²) in [6.07, 6.45) is 0. The van der Waals surface area contributed by atoms with Crippen LogP contribution in [0.25, 0.3) is 0 Å². The second-order valence-electron chi connectivity index (χ2n) is 4.55. The summed E-state index contributed by atoms with van der Waals surface area (Å²) in [5, 5.41) is 2.88. The van der Waals surface area contributed by atoms with E-state index in [2.05, 4.69) is 5.32 Å². The molecule has 0 aliphatic rings. The van der Waals surface area contributed by atoms with Crippen molar-refractivity contribution in [1.82, 2.24) is 10.2 Å². The van der Waals surface area contributed by atoms with E-state index in [1.807, 2.05) is 50.2 Å². The average Bonchev–Trinajstić information content (AvgIpc) is 2.26. The predicted molar refractivity (Wildman–Crippen MR) is 69.4 cm³/mol. The Bertz CT molecular complexity index is 375. The summed E-state index contributed by atoms with van der Waals surface area (Å²) in [5.74, 6) is 0.0289. The number of amides is 1. The van der Waals surface area contributed by atoms with Crippen LogP contribution in [0.2, 0.25) is 0 Å². The van der Waals surface area contributed by atoms with Crippen molar-refractivity contribution in [2.75, 3.05) is 20.6 Å². The maximum absolute atomic E-state index is 11.5. The third kappa shape index (κ3) is 4.97. The molecule has 0 aromatic heterocycles. The molecule has 0 bridgehead atoms. The fraction of sp³-hybridized carbons (Fsp3) is 0.462. The number of carbonyl (C=O) groups excluding carboxylic acids is 1. The molecule has 1 atom stereocenters. The molecule has 4 nitrogen and oxygen atoms in total. The largest absolute Gasteiger partial charge is 0.351 e. The third-order valence-corrected chi connectivity index (χ3v) is 2.43. The molecule has 1 rings (SSSR count). The number of carbonyl (C=O) groups is 1. The van der Waals surface area contributed by atoms with E-state index in [0.717, 1.165) is 11.1 Å². The van der Waals surface area contributed by atoms with Gasteiger partial charge in [-0.1, -0.05) is 24.3 Å². The van der Waals surface area contributed by atoms with Crippen molar-refractivity contribution in [2.24, 2.45) is 5.73 Å². The van der Waals surface area contributed by atoms with Gasteiger partial charge in [-0.2, -0.15) is 0 Å². The molecule has 0 fully saturated rings. The van der Waals surface area contributed by atoms with Crippen molar-refractivity contribution in [2.45, 2.75) is 19.5 Å². The van der Waals surface area contributed by atoms with Crippen molar-refractivity contribution in [3.8, 4) is 0 Å². The Morgan fingerprint density at radius 3 is 2.76 bits per heavy atom. The van der Waals surface area contributed by atoms with Gasteiger partial charge < -0.3 is 16.0 Å². The number of rotatable bonds is 5. The topological polar surface area (TPSA) is 58.4 Å². The molecule has 0 radical (unpaired) electrons. The quantitative estimate of drug-likeness (QED) is 0.796. The van der Waals surface area contributed by atoms with E-state index in [1.54, 1.807) is 0 Å². The molecule has 94 valence electrons. The minimum Gasteiger partial charge on any atom is -0.351 e. The van der Waals surface area contributed by atoms with Gasteiger partial charge in [-0.25, -0.2) is 0 Å². The molecule has 0 saturated heterocycles. The second-order valence-corrected chi connectivity index (χ2v) is 4.55. The van der Waals surface area contributed by atoms with E-state index in [0.29, 0.717) is 13.1 Å². The second kappa shape index (κ2) is 6.37. The molecule has 4 heteroatoms. The van der Waals surface area contributed by atoms with Crippen LogP contribution >= 0.6 is 0 Å². The van der Waals surface area contributed by atoms with Crippen molar-refractivity contribution >= 4 is 5.91 Å². The summed E-state index contributed by atoms with van der Waals surface area (Å²) in [7, 11) is 3.74. The van der Waals surface area contributed by atoms with Crippen molar-refractivity contribution in [1.29, 1.82) is 0 Å². The van der Waals surface area contributed by atoms with Gasteiger partial charge in [-0.05, 0) is 32.1 Å². The smallest absolute Gasteiger partial charge is 0.234 e. The monoisotopic (exact) mass is 235 g/mol. The van der Waals surface area contributed by atoms with Gasteiger partial charge in [-0.3, -0.25) is 4.79 Å². The van der Waals surface area contributed by atoms with Gasteiger partial charge in [0.25, 0.3) is 0 Å². The van der Waals surface area contributed by atoms with Crippen LogP contribution in [0.1, 0.15) is 24.1 Å². The number of benzene rings is 1. The van der Waals surface area contributed by atoms with Gasteiger partial charge in [0.05, 0.1) is 6.54 Å². The highest BCUT2D eigenvalue weighted by atomic mass is 16.1. The van der Waals surface area contributed by atoms with Crippen LogP contribution in [0.3, 0.4) is 0 Å². The Labute approximate surface area is 103 Å². The molecule has 1 unspecified atom stereocenters. The zero-order valence-corrected chi connectivity index (χ0v) is 10.7. The standard InChI is InChI=1S/C13H21N3O/c1-10(14)12-6-4-5-11(7-12)8-15-13(17)9-16(2)3/h4-7,10H,8-9,14H2,1-3H3,(H,15,17). The lowest BCUT2D eigenvalue weighted by molar-refractivity contribution is -0.121. The normalized spacial score (nSPS) is 12.5. The molecule has 17 heavy (non-hydrogen) atoms. The molecule has 0 spiro atoms. The predicted octanol–water partition coefficient (Wildman–Crippen LogP) is 0.884. The zero-order valence-electron chi connectivity index (χ0n) is 10.7. The number of hydrogen-bond acceptors (Lipinski definition) is 3. The molecule has 0 aliphatic carbocycles. The van der Waals surface area contributed by atoms with Gasteiger partial charge in [-0.15, -0.1) is 0 Å². The Morgan fingerprint density at radius 1 is 1.47 bits per heavy atom. The first-order valence-electron chi connectivity index (χ1n) is 5.75. The Morgan fingerprint density at radius 2 is 2.18 bits per heavy atom. The SMILES string of the molecule is CC(N)c1cccc(CNC(=O)CN(C)C)c1. The summed E-state index contributed by atoms with van der Waals surface area (Å²) in [6.45, 7) is 2.91. The van der Waals surface area contributed by atoms with Gasteiger partial charge in [0.15, 0.2) is 0 Å². The molecule has 1 aromatic rings. The van der Waals surface area contributed by atoms with E-state index in [9.17, 15) is 4.79 Å². The molecule has 1 aromatic carbocycles. The highest BCUT2D eigenvalue weighted by molar-refractivity contribution is 5.77. The number of hydrogen-bond donors (Lipinski definition) is 2. The van der Waals surface area contributed by atoms with Crippen molar-refractivity contribution in [3.63, 3.8) is 0 Å². The lowest BCUT2D eigenvalue weighted by atomic mass is 10.1. The van der Waals surface area contributed by atoms with Gasteiger partial charge in [0, 0.05) is 12.6 Å². The van der Waals surface area contributed by atoms with Crippen LogP contribution in [-0.2, 0) is 11.3 Å². The Balaban J connectivity index is 2.52. The Hall–Kier alpha value is -1.39. The fourth-order valence-electron chi connectivity index (χ4n) is 1.53. The summed E-state index contributed by atoms with van der Waals surface area (Å²) in [5.41, 5.74) is 7.97. The van der Waals surface area contributed by atoms with Gasteiger partial charge >= 0.3 is 0 Å². The van der Waals surface area contributed by atoms with E-state index >= 15 is 0 Å². The lowest BCUT2D eigenvalue weighted by Crippen LogP contribution is -2.32. The van der Waals surface area contributed by atoms with Crippen LogP contribution in [-0.4, -0.2) is 31.4 Å². The highest BCUT2D eigenvalue weighted by Crippen LogP contribution is 2.11. The Kier molecular flexibility index (Phi) is 5.12. The van der Waals surface area contributed by atoms with E-state index in [-0.39, 0.29) is 11.9 Å². The van der Waals surface area contributed by atoms with Crippen LogP contribution in [0.4, 0.5) is 0 Å². The van der Waals surface area contributed by atoms with Crippen LogP contribution < -0.4 is 11.1 Å². The molecular formula is C13H21N3O. The van der Waals surface area contributed by atoms with Gasteiger partial charge in [0.2, 0.25) is 5.91 Å². The lowest BCUT2D eigenvalue weighted by Gasteiger charge is -2.11. The first kappa shape index (κ1) is 13.7. The molecular weight excluding hydrogens is 214 g/mol. The molecule has 0 heterocycles. The van der Waals surface area contributed by atoms with E-state index in [1.165, 1.54) is 0 Å². The van der Waals surface area contributed by atoms with Crippen molar-refractivity contribution in [3.05, 3.63) is 35.4 Å². The first-order chi connectivity index (χ1) is 7.99. The number of nitrogens with one attached hydrogen (secondary N) is 1. The summed E-state index contributed by atoms with van der Waals surface area (Å²) in [6, 6.07) is 8.00. The number of nitrogens with zero attached hydrogens (tertiary/aromatic N) is 1. The van der Waals surface area contributed by atoms with Crippen LogP contribution in [0.5, 0.6) is 0 Å². The number of likely N-dealkylation sites (N-methyl/N-ethyl adjacent to an activating group) is 1.